The Kier molecular flexibility index (Phi) is 6.58. The maximum atomic E-state index is 13.3. The van der Waals surface area contributed by atoms with Crippen LogP contribution in [0.2, 0.25) is 5.02 Å². The van der Waals surface area contributed by atoms with Gasteiger partial charge in [-0.1, -0.05) is 43.7 Å². The van der Waals surface area contributed by atoms with Crippen molar-refractivity contribution in [2.75, 3.05) is 4.31 Å². The standard InChI is InChI=1S/C24H29ClN2O3S/c1-17-15-19-16-18(24(28)26-21-7-5-3-2-4-6-8-21)9-14-23(19)27(17)31(29,30)22-12-10-20(25)11-13-22/h9-14,16-17,21H,2-8,15H2,1H3,(H,26,28)/t17-/m1/s1. The van der Waals surface area contributed by atoms with Gasteiger partial charge in [-0.2, -0.15) is 0 Å². The quantitative estimate of drug-likeness (QED) is 0.671. The second kappa shape index (κ2) is 9.21. The first-order valence-electron chi connectivity index (χ1n) is 11.1. The highest BCUT2D eigenvalue weighted by Gasteiger charge is 2.36. The highest BCUT2D eigenvalue weighted by atomic mass is 35.5. The first-order chi connectivity index (χ1) is 14.9. The first kappa shape index (κ1) is 22.2. The highest BCUT2D eigenvalue weighted by molar-refractivity contribution is 7.92. The number of rotatable bonds is 4. The molecule has 5 nitrogen and oxygen atoms in total. The number of carbonyl (C=O) groups is 1. The second-order valence-electron chi connectivity index (χ2n) is 8.67. The van der Waals surface area contributed by atoms with Crippen LogP contribution in [0.15, 0.2) is 47.4 Å². The molecule has 1 saturated carbocycles. The Morgan fingerprint density at radius 2 is 1.65 bits per heavy atom. The molecule has 0 spiro atoms. The summed E-state index contributed by atoms with van der Waals surface area (Å²) in [7, 11) is -3.71. The number of halogens is 1. The summed E-state index contributed by atoms with van der Waals surface area (Å²) in [6.07, 6.45) is 8.71. The maximum absolute atomic E-state index is 13.3. The molecule has 0 saturated heterocycles. The predicted octanol–water partition coefficient (Wildman–Crippen LogP) is 5.32. The van der Waals surface area contributed by atoms with Gasteiger partial charge in [-0.25, -0.2) is 8.42 Å². The number of hydrogen-bond acceptors (Lipinski definition) is 3. The zero-order valence-electron chi connectivity index (χ0n) is 17.8. The van der Waals surface area contributed by atoms with Crippen molar-refractivity contribution in [1.29, 1.82) is 0 Å². The van der Waals surface area contributed by atoms with E-state index in [9.17, 15) is 13.2 Å². The molecule has 31 heavy (non-hydrogen) atoms. The van der Waals surface area contributed by atoms with Crippen LogP contribution >= 0.6 is 11.6 Å². The summed E-state index contributed by atoms with van der Waals surface area (Å²) in [6.45, 7) is 1.89. The largest absolute Gasteiger partial charge is 0.349 e. The van der Waals surface area contributed by atoms with Crippen molar-refractivity contribution in [1.82, 2.24) is 5.32 Å². The fourth-order valence-corrected chi connectivity index (χ4v) is 6.52. The Bertz CT molecular complexity index is 1040. The van der Waals surface area contributed by atoms with Crippen LogP contribution < -0.4 is 9.62 Å². The lowest BCUT2D eigenvalue weighted by Gasteiger charge is -2.24. The number of nitrogens with one attached hydrogen (secondary N) is 1. The molecule has 0 radical (unpaired) electrons. The number of anilines is 1. The van der Waals surface area contributed by atoms with Crippen molar-refractivity contribution < 1.29 is 13.2 Å². The van der Waals surface area contributed by atoms with Gasteiger partial charge in [0.15, 0.2) is 0 Å². The number of carbonyl (C=O) groups excluding carboxylic acids is 1. The normalized spacial score (nSPS) is 20.1. The minimum atomic E-state index is -3.71. The Morgan fingerprint density at radius 1 is 1.00 bits per heavy atom. The lowest BCUT2D eigenvalue weighted by Crippen LogP contribution is -2.36. The summed E-state index contributed by atoms with van der Waals surface area (Å²) in [4.78, 5) is 13.1. The summed E-state index contributed by atoms with van der Waals surface area (Å²) in [5, 5.41) is 3.69. The van der Waals surface area contributed by atoms with E-state index >= 15 is 0 Å². The van der Waals surface area contributed by atoms with E-state index in [1.165, 1.54) is 35.7 Å². The van der Waals surface area contributed by atoms with Gasteiger partial charge in [0.1, 0.15) is 0 Å². The van der Waals surface area contributed by atoms with Gasteiger partial charge in [0, 0.05) is 22.7 Å². The molecule has 1 atom stereocenters. The second-order valence-corrected chi connectivity index (χ2v) is 10.9. The molecule has 0 unspecified atom stereocenters. The van der Waals surface area contributed by atoms with Crippen LogP contribution in [0, 0.1) is 0 Å². The lowest BCUT2D eigenvalue weighted by molar-refractivity contribution is 0.0930. The van der Waals surface area contributed by atoms with Gasteiger partial charge in [-0.3, -0.25) is 9.10 Å². The topological polar surface area (TPSA) is 66.5 Å². The number of sulfonamides is 1. The monoisotopic (exact) mass is 460 g/mol. The molecule has 166 valence electrons. The number of nitrogens with zero attached hydrogens (tertiary/aromatic N) is 1. The third kappa shape index (κ3) is 4.75. The SMILES string of the molecule is C[C@@H]1Cc2cc(C(=O)NC3CCCCCCC3)ccc2N1S(=O)(=O)c1ccc(Cl)cc1. The third-order valence-electron chi connectivity index (χ3n) is 6.31. The van der Waals surface area contributed by atoms with E-state index in [-0.39, 0.29) is 22.9 Å². The van der Waals surface area contributed by atoms with E-state index in [2.05, 4.69) is 5.32 Å². The molecule has 1 aliphatic heterocycles. The Hall–Kier alpha value is -2.05. The van der Waals surface area contributed by atoms with Crippen LogP contribution in [-0.4, -0.2) is 26.4 Å². The predicted molar refractivity (Wildman–Crippen MR) is 124 cm³/mol. The number of benzene rings is 2. The van der Waals surface area contributed by atoms with E-state index in [1.54, 1.807) is 24.3 Å². The minimum Gasteiger partial charge on any atom is -0.349 e. The Balaban J connectivity index is 1.54. The van der Waals surface area contributed by atoms with E-state index in [0.29, 0.717) is 22.7 Å². The zero-order chi connectivity index (χ0) is 22.0. The van der Waals surface area contributed by atoms with Crippen molar-refractivity contribution in [3.63, 3.8) is 0 Å². The fourth-order valence-electron chi connectivity index (χ4n) is 4.70. The van der Waals surface area contributed by atoms with Crippen LogP contribution in [-0.2, 0) is 16.4 Å². The molecule has 2 aliphatic rings. The average molecular weight is 461 g/mol. The number of fused-ring (bicyclic) bond motifs is 1. The first-order valence-corrected chi connectivity index (χ1v) is 12.9. The van der Waals surface area contributed by atoms with Gasteiger partial charge in [0.05, 0.1) is 10.6 Å². The molecule has 1 N–H and O–H groups in total. The Labute approximate surface area is 189 Å². The summed E-state index contributed by atoms with van der Waals surface area (Å²) < 4.78 is 28.0. The van der Waals surface area contributed by atoms with Gasteiger partial charge < -0.3 is 5.32 Å². The van der Waals surface area contributed by atoms with Crippen LogP contribution in [0.5, 0.6) is 0 Å². The average Bonchev–Trinajstić information content (AvgIpc) is 3.05. The summed E-state index contributed by atoms with van der Waals surface area (Å²) >= 11 is 5.92. The van der Waals surface area contributed by atoms with Crippen LogP contribution in [0.25, 0.3) is 0 Å². The molecule has 1 heterocycles. The molecule has 1 fully saturated rings. The van der Waals surface area contributed by atoms with E-state index in [4.69, 9.17) is 11.6 Å². The molecule has 1 aliphatic carbocycles. The number of amides is 1. The van der Waals surface area contributed by atoms with Gasteiger partial charge in [-0.15, -0.1) is 0 Å². The summed E-state index contributed by atoms with van der Waals surface area (Å²) in [5.41, 5.74) is 2.12. The fraction of sp³-hybridized carbons (Fsp3) is 0.458. The van der Waals surface area contributed by atoms with Gasteiger partial charge >= 0.3 is 0 Å². The van der Waals surface area contributed by atoms with Gasteiger partial charge in [-0.05, 0) is 74.2 Å². The third-order valence-corrected chi connectivity index (χ3v) is 8.50. The Morgan fingerprint density at radius 3 is 2.32 bits per heavy atom. The molecule has 1 amide bonds. The smallest absolute Gasteiger partial charge is 0.264 e. The van der Waals surface area contributed by atoms with Crippen molar-refractivity contribution in [3.05, 3.63) is 58.6 Å². The summed E-state index contributed by atoms with van der Waals surface area (Å²) in [5.74, 6) is -0.0694. The maximum Gasteiger partial charge on any atom is 0.264 e. The zero-order valence-corrected chi connectivity index (χ0v) is 19.4. The molecule has 4 rings (SSSR count). The highest BCUT2D eigenvalue weighted by Crippen LogP contribution is 2.37. The van der Waals surface area contributed by atoms with Crippen LogP contribution in [0.4, 0.5) is 5.69 Å². The number of hydrogen-bond donors (Lipinski definition) is 1. The minimum absolute atomic E-state index is 0.0694. The molecule has 0 aromatic heterocycles. The van der Waals surface area contributed by atoms with E-state index in [0.717, 1.165) is 31.2 Å². The van der Waals surface area contributed by atoms with Gasteiger partial charge in [0.2, 0.25) is 0 Å². The van der Waals surface area contributed by atoms with Gasteiger partial charge in [0.25, 0.3) is 15.9 Å². The van der Waals surface area contributed by atoms with Crippen molar-refractivity contribution in [3.8, 4) is 0 Å². The molecule has 0 bridgehead atoms. The van der Waals surface area contributed by atoms with Crippen molar-refractivity contribution in [2.45, 2.75) is 75.3 Å². The lowest BCUT2D eigenvalue weighted by atomic mass is 9.96. The molecular formula is C24H29ClN2O3S. The molecular weight excluding hydrogens is 432 g/mol. The van der Waals surface area contributed by atoms with E-state index in [1.807, 2.05) is 13.0 Å². The van der Waals surface area contributed by atoms with E-state index < -0.39 is 10.0 Å². The molecule has 7 heteroatoms. The molecule has 2 aromatic rings. The van der Waals surface area contributed by atoms with Crippen LogP contribution in [0.3, 0.4) is 0 Å². The van der Waals surface area contributed by atoms with Crippen molar-refractivity contribution in [2.24, 2.45) is 0 Å². The molecule has 2 aromatic carbocycles. The van der Waals surface area contributed by atoms with Crippen LogP contribution in [0.1, 0.15) is 67.8 Å². The van der Waals surface area contributed by atoms with Crippen molar-refractivity contribution >= 4 is 33.2 Å². The summed E-state index contributed by atoms with van der Waals surface area (Å²) in [6, 6.07) is 11.6.